The van der Waals surface area contributed by atoms with E-state index in [2.05, 4.69) is 4.98 Å². The van der Waals surface area contributed by atoms with Crippen LogP contribution in [0, 0.1) is 0 Å². The first-order valence-corrected chi connectivity index (χ1v) is 7.06. The third kappa shape index (κ3) is 4.30. The molecule has 0 aliphatic carbocycles. The highest BCUT2D eigenvalue weighted by Gasteiger charge is 2.20. The number of nitrogens with two attached hydrogens (primary N) is 1. The van der Waals surface area contributed by atoms with Crippen molar-refractivity contribution in [2.45, 2.75) is 12.1 Å². The summed E-state index contributed by atoms with van der Waals surface area (Å²) in [6, 6.07) is 0. The number of aliphatic carboxylic acids is 1. The second-order valence-electron chi connectivity index (χ2n) is 5.48. The molecule has 2 aromatic heterocycles. The van der Waals surface area contributed by atoms with Gasteiger partial charge in [-0.25, -0.2) is 9.78 Å². The first-order valence-electron chi connectivity index (χ1n) is 7.06. The van der Waals surface area contributed by atoms with E-state index in [1.165, 1.54) is 29.6 Å². The lowest BCUT2D eigenvalue weighted by atomic mass is 10.1. The van der Waals surface area contributed by atoms with E-state index in [0.717, 1.165) is 4.57 Å². The number of carboxylic acid groups (broad SMARTS) is 1. The minimum atomic E-state index is -1.21. The Labute approximate surface area is 141 Å². The third-order valence-electron chi connectivity index (χ3n) is 3.47. The highest BCUT2D eigenvalue weighted by atomic mass is 16.4. The van der Waals surface area contributed by atoms with Gasteiger partial charge in [-0.2, -0.15) is 0 Å². The molecule has 0 aromatic carbocycles. The number of hydrogen-bond donors (Lipinski definition) is 5. The predicted octanol–water partition coefficient (Wildman–Crippen LogP) is -3.82. The molecule has 2 rings (SSSR count). The molecule has 0 fully saturated rings. The summed E-state index contributed by atoms with van der Waals surface area (Å²) in [5.74, 6) is -1.08. The third-order valence-corrected chi connectivity index (χ3v) is 3.47. The molecule has 2 aromatic rings. The Morgan fingerprint density at radius 2 is 1.68 bits per heavy atom. The van der Waals surface area contributed by atoms with Crippen LogP contribution in [0.5, 0.6) is 0 Å². The van der Waals surface area contributed by atoms with E-state index in [0.29, 0.717) is 0 Å². The summed E-state index contributed by atoms with van der Waals surface area (Å²) in [5.41, 5.74) is 3.17. The van der Waals surface area contributed by atoms with Crippen LogP contribution >= 0.6 is 0 Å². The van der Waals surface area contributed by atoms with Crippen molar-refractivity contribution < 1.29 is 25.2 Å². The molecule has 6 N–H and O–H groups in total. The maximum absolute atomic E-state index is 11.9. The Hall–Kier alpha value is -2.54. The number of hydrogen-bond acceptors (Lipinski definition) is 8. The van der Waals surface area contributed by atoms with Gasteiger partial charge in [0.25, 0.3) is 5.56 Å². The maximum Gasteiger partial charge on any atom is 0.332 e. The second-order valence-corrected chi connectivity index (χ2v) is 5.48. The Morgan fingerprint density at radius 1 is 1.16 bits per heavy atom. The average molecular weight is 359 g/mol. The van der Waals surface area contributed by atoms with Gasteiger partial charge in [-0.15, -0.1) is 0 Å². The van der Waals surface area contributed by atoms with E-state index in [4.69, 9.17) is 26.2 Å². The van der Waals surface area contributed by atoms with Gasteiger partial charge in [0.05, 0.1) is 31.7 Å². The zero-order chi connectivity index (χ0) is 19.4. The molecule has 12 nitrogen and oxygen atoms in total. The van der Waals surface area contributed by atoms with Crippen molar-refractivity contribution in [1.82, 2.24) is 18.7 Å². The molecule has 0 radical (unpaired) electrons. The van der Waals surface area contributed by atoms with Gasteiger partial charge in [-0.05, 0) is 0 Å². The molecule has 0 saturated carbocycles. The fraction of sp³-hybridized carbons (Fsp3) is 0.538. The van der Waals surface area contributed by atoms with E-state index < -0.39 is 42.6 Å². The van der Waals surface area contributed by atoms with E-state index in [1.54, 1.807) is 0 Å². The Morgan fingerprint density at radius 3 is 2.08 bits per heavy atom. The van der Waals surface area contributed by atoms with E-state index in [1.807, 2.05) is 0 Å². The Bertz CT molecular complexity index is 854. The molecule has 0 spiro atoms. The number of rotatable bonds is 5. The summed E-state index contributed by atoms with van der Waals surface area (Å²) in [6.07, 6.45) is 1.24. The molecule has 0 aliphatic heterocycles. The van der Waals surface area contributed by atoms with Crippen LogP contribution in [-0.2, 0) is 25.4 Å². The van der Waals surface area contributed by atoms with Crippen LogP contribution < -0.4 is 17.0 Å². The minimum absolute atomic E-state index is 0.108. The van der Waals surface area contributed by atoms with E-state index >= 15 is 0 Å². The van der Waals surface area contributed by atoms with Gasteiger partial charge in [0.2, 0.25) is 0 Å². The highest BCUT2D eigenvalue weighted by Crippen LogP contribution is 2.04. The Balaban J connectivity index is 0.000000333. The van der Waals surface area contributed by atoms with Crippen molar-refractivity contribution in [2.24, 2.45) is 19.8 Å². The molecule has 0 aliphatic rings. The minimum Gasteiger partial charge on any atom is -0.480 e. The van der Waals surface area contributed by atoms with Gasteiger partial charge in [0.1, 0.15) is 6.54 Å². The average Bonchev–Trinajstić information content (AvgIpc) is 3.01. The zero-order valence-corrected chi connectivity index (χ0v) is 13.8. The maximum atomic E-state index is 11.9. The molecule has 2 heterocycles. The van der Waals surface area contributed by atoms with Crippen molar-refractivity contribution in [2.75, 3.05) is 19.8 Å². The number of nitrogens with zero attached hydrogens (tertiary/aromatic N) is 4. The standard InChI is InChI=1S/C9H10N4O4.C4H11NO3/c1-11-7-6(8(16)12(2)9(11)17)13(4-10-7)3-5(14)15;5-4(1-6,2-7)3-8/h4H,3H2,1-2H3,(H,14,15);6-8H,1-3,5H2. The highest BCUT2D eigenvalue weighted by molar-refractivity contribution is 5.74. The van der Waals surface area contributed by atoms with Gasteiger partial charge in [-0.3, -0.25) is 18.7 Å². The molecule has 0 unspecified atom stereocenters. The Kier molecular flexibility index (Phi) is 6.58. The fourth-order valence-electron chi connectivity index (χ4n) is 1.81. The fourth-order valence-corrected chi connectivity index (χ4v) is 1.81. The number of aryl methyl sites for hydroxylation is 1. The number of imidazole rings is 1. The smallest absolute Gasteiger partial charge is 0.332 e. The molecule has 0 atom stereocenters. The van der Waals surface area contributed by atoms with E-state index in [-0.39, 0.29) is 17.7 Å². The van der Waals surface area contributed by atoms with Gasteiger partial charge in [-0.1, -0.05) is 0 Å². The SMILES string of the molecule is Cn1c(=O)c2c(ncn2CC(=O)O)n(C)c1=O.NC(CO)(CO)CO. The number of carboxylic acids is 1. The lowest BCUT2D eigenvalue weighted by Gasteiger charge is -2.20. The largest absolute Gasteiger partial charge is 0.480 e. The number of fused-ring (bicyclic) bond motifs is 1. The van der Waals surface area contributed by atoms with Crippen molar-refractivity contribution >= 4 is 17.1 Å². The number of aliphatic hydroxyl groups is 3. The van der Waals surface area contributed by atoms with Gasteiger partial charge in [0, 0.05) is 14.1 Å². The van der Waals surface area contributed by atoms with Crippen LogP contribution in [0.4, 0.5) is 0 Å². The van der Waals surface area contributed by atoms with Crippen LogP contribution in [0.2, 0.25) is 0 Å². The molecule has 0 saturated heterocycles. The van der Waals surface area contributed by atoms with Crippen LogP contribution in [0.15, 0.2) is 15.9 Å². The van der Waals surface area contributed by atoms with E-state index in [9.17, 15) is 14.4 Å². The van der Waals surface area contributed by atoms with Crippen LogP contribution in [-0.4, -0.2) is 70.4 Å². The predicted molar refractivity (Wildman–Crippen MR) is 86.0 cm³/mol. The lowest BCUT2D eigenvalue weighted by Crippen LogP contribution is -2.50. The van der Waals surface area contributed by atoms with Crippen LogP contribution in [0.3, 0.4) is 0 Å². The topological polar surface area (TPSA) is 186 Å². The number of aromatic nitrogens is 4. The summed E-state index contributed by atoms with van der Waals surface area (Å²) >= 11 is 0. The zero-order valence-electron chi connectivity index (χ0n) is 13.8. The van der Waals surface area contributed by atoms with Crippen LogP contribution in [0.1, 0.15) is 0 Å². The molecule has 140 valence electrons. The van der Waals surface area contributed by atoms with Gasteiger partial charge >= 0.3 is 11.7 Å². The first kappa shape index (κ1) is 20.5. The molecule has 0 amide bonds. The van der Waals surface area contributed by atoms with Crippen molar-refractivity contribution in [1.29, 1.82) is 0 Å². The van der Waals surface area contributed by atoms with Crippen molar-refractivity contribution in [3.8, 4) is 0 Å². The van der Waals surface area contributed by atoms with Gasteiger partial charge in [0.15, 0.2) is 11.2 Å². The monoisotopic (exact) mass is 359 g/mol. The summed E-state index contributed by atoms with van der Waals surface area (Å²) < 4.78 is 3.33. The molecular weight excluding hydrogens is 338 g/mol. The second kappa shape index (κ2) is 8.02. The summed E-state index contributed by atoms with van der Waals surface area (Å²) in [4.78, 5) is 38.0. The number of aliphatic hydroxyl groups excluding tert-OH is 3. The first-order chi connectivity index (χ1) is 11.6. The summed E-state index contributed by atoms with van der Waals surface area (Å²) in [7, 11) is 2.81. The lowest BCUT2D eigenvalue weighted by molar-refractivity contribution is -0.137. The quantitative estimate of drug-likeness (QED) is 0.356. The molecule has 25 heavy (non-hydrogen) atoms. The number of carbonyl (C=O) groups is 1. The van der Waals surface area contributed by atoms with Gasteiger partial charge < -0.3 is 30.7 Å². The molecule has 0 bridgehead atoms. The van der Waals surface area contributed by atoms with Crippen molar-refractivity contribution in [3.63, 3.8) is 0 Å². The summed E-state index contributed by atoms with van der Waals surface area (Å²) in [6.45, 7) is -1.58. The van der Waals surface area contributed by atoms with Crippen molar-refractivity contribution in [3.05, 3.63) is 27.2 Å². The normalized spacial score (nSPS) is 11.3. The molecule has 12 heteroatoms. The molecular formula is C13H21N5O7. The summed E-state index contributed by atoms with van der Waals surface area (Å²) in [5, 5.41) is 33.7. The van der Waals surface area contributed by atoms with Crippen LogP contribution in [0.25, 0.3) is 11.2 Å².